The predicted molar refractivity (Wildman–Crippen MR) is 80.3 cm³/mol. The molecular formula is C17H21NO4. The van der Waals surface area contributed by atoms with Gasteiger partial charge in [-0.25, -0.2) is 4.79 Å². The maximum absolute atomic E-state index is 12.2. The van der Waals surface area contributed by atoms with Crippen molar-refractivity contribution in [2.75, 3.05) is 6.54 Å². The summed E-state index contributed by atoms with van der Waals surface area (Å²) in [6.45, 7) is 0.770. The lowest BCUT2D eigenvalue weighted by Crippen LogP contribution is -2.67. The van der Waals surface area contributed by atoms with Gasteiger partial charge in [-0.1, -0.05) is 43.2 Å². The van der Waals surface area contributed by atoms with Crippen molar-refractivity contribution in [1.29, 1.82) is 0 Å². The molecule has 2 atom stereocenters. The number of rotatable bonds is 4. The number of carboxylic acid groups (broad SMARTS) is 1. The van der Waals surface area contributed by atoms with Gasteiger partial charge in [0.25, 0.3) is 0 Å². The van der Waals surface area contributed by atoms with Gasteiger partial charge in [0.2, 0.25) is 0 Å². The highest BCUT2D eigenvalue weighted by molar-refractivity contribution is 5.72. The number of carboxylic acids is 1. The van der Waals surface area contributed by atoms with E-state index in [-0.39, 0.29) is 30.6 Å². The van der Waals surface area contributed by atoms with Gasteiger partial charge in [0, 0.05) is 18.0 Å². The molecule has 1 aromatic carbocycles. The fraction of sp³-hybridized carbons (Fsp3) is 0.529. The summed E-state index contributed by atoms with van der Waals surface area (Å²) in [4.78, 5) is 25.1. The molecule has 1 aliphatic heterocycles. The zero-order valence-corrected chi connectivity index (χ0v) is 12.5. The summed E-state index contributed by atoms with van der Waals surface area (Å²) in [6, 6.07) is 9.60. The summed E-state index contributed by atoms with van der Waals surface area (Å²) < 4.78 is 5.37. The Bertz CT molecular complexity index is 559. The van der Waals surface area contributed by atoms with Crippen molar-refractivity contribution in [2.45, 2.75) is 44.8 Å². The normalized spacial score (nSPS) is 26.7. The molecule has 3 rings (SSSR count). The van der Waals surface area contributed by atoms with Crippen LogP contribution < -0.4 is 0 Å². The Hall–Kier alpha value is -2.04. The highest BCUT2D eigenvalue weighted by Gasteiger charge is 2.56. The van der Waals surface area contributed by atoms with E-state index in [4.69, 9.17) is 9.84 Å². The first-order chi connectivity index (χ1) is 10.6. The Kier molecular flexibility index (Phi) is 4.05. The lowest BCUT2D eigenvalue weighted by Gasteiger charge is -2.58. The number of likely N-dealkylation sites (tertiary alicyclic amines) is 1. The van der Waals surface area contributed by atoms with E-state index in [2.05, 4.69) is 0 Å². The van der Waals surface area contributed by atoms with Crippen LogP contribution in [0, 0.1) is 5.41 Å². The molecule has 22 heavy (non-hydrogen) atoms. The van der Waals surface area contributed by atoms with Crippen molar-refractivity contribution in [2.24, 2.45) is 5.41 Å². The van der Waals surface area contributed by atoms with Gasteiger partial charge in [-0.2, -0.15) is 0 Å². The summed E-state index contributed by atoms with van der Waals surface area (Å²) in [5, 5.41) is 9.12. The largest absolute Gasteiger partial charge is 0.481 e. The minimum atomic E-state index is -0.774. The number of fused-ring (bicyclic) bond motifs is 1. The molecule has 1 aromatic rings. The Morgan fingerprint density at radius 2 is 2.05 bits per heavy atom. The van der Waals surface area contributed by atoms with Crippen LogP contribution in [0.5, 0.6) is 0 Å². The number of aliphatic carboxylic acids is 1. The van der Waals surface area contributed by atoms with E-state index in [1.165, 1.54) is 0 Å². The third kappa shape index (κ3) is 2.80. The van der Waals surface area contributed by atoms with Crippen LogP contribution in [-0.2, 0) is 16.1 Å². The van der Waals surface area contributed by atoms with Crippen LogP contribution in [0.4, 0.5) is 4.79 Å². The number of hydrogen-bond donors (Lipinski definition) is 1. The minimum Gasteiger partial charge on any atom is -0.481 e. The highest BCUT2D eigenvalue weighted by Crippen LogP contribution is 2.50. The number of nitrogens with zero attached hydrogens (tertiary/aromatic N) is 1. The van der Waals surface area contributed by atoms with Crippen molar-refractivity contribution in [1.82, 2.24) is 4.90 Å². The summed E-state index contributed by atoms with van der Waals surface area (Å²) in [6.07, 6.45) is 3.71. The van der Waals surface area contributed by atoms with Gasteiger partial charge in [0.1, 0.15) is 6.61 Å². The molecule has 0 aromatic heterocycles. The van der Waals surface area contributed by atoms with E-state index in [0.29, 0.717) is 6.54 Å². The van der Waals surface area contributed by atoms with Gasteiger partial charge < -0.3 is 14.7 Å². The molecule has 1 saturated heterocycles. The maximum atomic E-state index is 12.2. The summed E-state index contributed by atoms with van der Waals surface area (Å²) >= 11 is 0. The third-order valence-electron chi connectivity index (χ3n) is 4.91. The number of ether oxygens (including phenoxy) is 1. The molecule has 0 bridgehead atoms. The second-order valence-corrected chi connectivity index (χ2v) is 6.36. The second kappa shape index (κ2) is 5.99. The first-order valence-corrected chi connectivity index (χ1v) is 7.80. The van der Waals surface area contributed by atoms with E-state index < -0.39 is 5.97 Å². The lowest BCUT2D eigenvalue weighted by molar-refractivity contribution is -0.151. The van der Waals surface area contributed by atoms with Crippen molar-refractivity contribution in [3.05, 3.63) is 35.9 Å². The van der Waals surface area contributed by atoms with Crippen molar-refractivity contribution < 1.29 is 19.4 Å². The smallest absolute Gasteiger partial charge is 0.410 e. The number of hydrogen-bond acceptors (Lipinski definition) is 3. The first-order valence-electron chi connectivity index (χ1n) is 7.80. The zero-order chi connectivity index (χ0) is 15.6. The topological polar surface area (TPSA) is 66.8 Å². The van der Waals surface area contributed by atoms with Crippen molar-refractivity contribution in [3.8, 4) is 0 Å². The Morgan fingerprint density at radius 1 is 1.27 bits per heavy atom. The van der Waals surface area contributed by atoms with Gasteiger partial charge >= 0.3 is 12.1 Å². The molecule has 1 N–H and O–H groups in total. The van der Waals surface area contributed by atoms with Gasteiger partial charge in [-0.3, -0.25) is 4.79 Å². The van der Waals surface area contributed by atoms with Gasteiger partial charge in [0.05, 0.1) is 6.42 Å². The molecule has 1 amide bonds. The molecule has 5 nitrogen and oxygen atoms in total. The van der Waals surface area contributed by atoms with Crippen LogP contribution in [0.25, 0.3) is 0 Å². The van der Waals surface area contributed by atoms with E-state index >= 15 is 0 Å². The van der Waals surface area contributed by atoms with Crippen molar-refractivity contribution in [3.63, 3.8) is 0 Å². The van der Waals surface area contributed by atoms with Gasteiger partial charge in [0.15, 0.2) is 0 Å². The average molecular weight is 303 g/mol. The highest BCUT2D eigenvalue weighted by atomic mass is 16.6. The van der Waals surface area contributed by atoms with Crippen LogP contribution >= 0.6 is 0 Å². The van der Waals surface area contributed by atoms with Crippen LogP contribution in [0.1, 0.15) is 37.7 Å². The fourth-order valence-electron chi connectivity index (χ4n) is 3.85. The zero-order valence-electron chi connectivity index (χ0n) is 12.5. The van der Waals surface area contributed by atoms with E-state index in [0.717, 1.165) is 31.2 Å². The summed E-state index contributed by atoms with van der Waals surface area (Å²) in [5.74, 6) is -0.774. The van der Waals surface area contributed by atoms with Crippen molar-refractivity contribution >= 4 is 12.1 Å². The first kappa shape index (κ1) is 14.9. The van der Waals surface area contributed by atoms with Crippen LogP contribution in [0.2, 0.25) is 0 Å². The van der Waals surface area contributed by atoms with Gasteiger partial charge in [-0.15, -0.1) is 0 Å². The lowest BCUT2D eigenvalue weighted by atomic mass is 9.61. The van der Waals surface area contributed by atoms with Crippen LogP contribution in [0.15, 0.2) is 30.3 Å². The molecule has 1 heterocycles. The van der Waals surface area contributed by atoms with Crippen LogP contribution in [-0.4, -0.2) is 34.7 Å². The molecule has 2 aliphatic rings. The molecular weight excluding hydrogens is 282 g/mol. The quantitative estimate of drug-likeness (QED) is 0.928. The summed E-state index contributed by atoms with van der Waals surface area (Å²) in [5.41, 5.74) is 0.729. The van der Waals surface area contributed by atoms with E-state index in [9.17, 15) is 9.59 Å². The molecule has 0 unspecified atom stereocenters. The second-order valence-electron chi connectivity index (χ2n) is 6.36. The molecule has 0 spiro atoms. The molecule has 1 saturated carbocycles. The van der Waals surface area contributed by atoms with Crippen LogP contribution in [0.3, 0.4) is 0 Å². The number of carbonyl (C=O) groups is 2. The fourth-order valence-corrected chi connectivity index (χ4v) is 3.85. The Labute approximate surface area is 129 Å². The average Bonchev–Trinajstić information content (AvgIpc) is 2.49. The Balaban J connectivity index is 1.59. The SMILES string of the molecule is O=C(O)C[C@]12CCCC[C@@H]1N(C(=O)OCc1ccccc1)C2. The number of carbonyl (C=O) groups excluding carboxylic acids is 1. The van der Waals surface area contributed by atoms with E-state index in [1.807, 2.05) is 30.3 Å². The predicted octanol–water partition coefficient (Wildman–Crippen LogP) is 3.04. The standard InChI is InChI=1S/C17H21NO4/c19-15(20)10-17-9-5-4-8-14(17)18(12-17)16(21)22-11-13-6-2-1-3-7-13/h1-3,6-7,14H,4-5,8-12H2,(H,19,20)/t14-,17-/m0/s1. The molecule has 0 radical (unpaired) electrons. The van der Waals surface area contributed by atoms with E-state index in [1.54, 1.807) is 4.90 Å². The third-order valence-corrected chi connectivity index (χ3v) is 4.91. The number of amides is 1. The molecule has 1 aliphatic carbocycles. The molecule has 5 heteroatoms. The summed E-state index contributed by atoms with van der Waals surface area (Å²) in [7, 11) is 0. The van der Waals surface area contributed by atoms with Gasteiger partial charge in [-0.05, 0) is 18.4 Å². The number of benzene rings is 1. The maximum Gasteiger partial charge on any atom is 0.410 e. The Morgan fingerprint density at radius 3 is 2.77 bits per heavy atom. The molecule has 118 valence electrons. The molecule has 2 fully saturated rings. The minimum absolute atomic E-state index is 0.0284. The monoisotopic (exact) mass is 303 g/mol.